The van der Waals surface area contributed by atoms with Crippen LogP contribution in [0.2, 0.25) is 0 Å². The van der Waals surface area contributed by atoms with Crippen molar-refractivity contribution in [2.75, 3.05) is 19.7 Å². The molecule has 27 heavy (non-hydrogen) atoms. The molecule has 0 heterocycles. The lowest BCUT2D eigenvalue weighted by Gasteiger charge is -2.15. The van der Waals surface area contributed by atoms with Gasteiger partial charge in [0.15, 0.2) is 0 Å². The quantitative estimate of drug-likeness (QED) is 0.442. The third-order valence-electron chi connectivity index (χ3n) is 4.55. The molecule has 2 N–H and O–H groups in total. The van der Waals surface area contributed by atoms with Crippen molar-refractivity contribution in [3.8, 4) is 11.1 Å². The van der Waals surface area contributed by atoms with Crippen LogP contribution in [0.1, 0.15) is 17.0 Å². The Morgan fingerprint density at radius 2 is 1.74 bits per heavy atom. The largest absolute Gasteiger partial charge is 0.481 e. The van der Waals surface area contributed by atoms with E-state index in [9.17, 15) is 9.59 Å². The number of azide groups is 1. The summed E-state index contributed by atoms with van der Waals surface area (Å²) in [4.78, 5) is 25.6. The van der Waals surface area contributed by atoms with Crippen LogP contribution in [0.4, 0.5) is 4.79 Å². The maximum Gasteiger partial charge on any atom is 0.407 e. The molecule has 0 bridgehead atoms. The van der Waals surface area contributed by atoms with E-state index in [1.54, 1.807) is 0 Å². The molecule has 138 valence electrons. The molecule has 0 saturated carbocycles. The molecular formula is C19H18N4O4. The summed E-state index contributed by atoms with van der Waals surface area (Å²) in [7, 11) is 0. The van der Waals surface area contributed by atoms with E-state index >= 15 is 0 Å². The van der Waals surface area contributed by atoms with E-state index in [2.05, 4.69) is 15.3 Å². The van der Waals surface area contributed by atoms with Gasteiger partial charge in [0.05, 0.1) is 5.92 Å². The fraction of sp³-hybridized carbons (Fsp3) is 0.263. The highest BCUT2D eigenvalue weighted by atomic mass is 16.5. The predicted molar refractivity (Wildman–Crippen MR) is 98.2 cm³/mol. The SMILES string of the molecule is [N-]=[N+]=NCC(CNC(=O)OCC1c2ccccc2-c2ccccc21)C(=O)O. The molecule has 1 aliphatic rings. The minimum Gasteiger partial charge on any atom is -0.481 e. The average molecular weight is 366 g/mol. The second-order valence-electron chi connectivity index (χ2n) is 6.16. The van der Waals surface area contributed by atoms with Gasteiger partial charge in [0.25, 0.3) is 0 Å². The summed E-state index contributed by atoms with van der Waals surface area (Å²) in [6, 6.07) is 16.0. The van der Waals surface area contributed by atoms with Crippen molar-refractivity contribution in [1.29, 1.82) is 0 Å². The minimum atomic E-state index is -1.15. The van der Waals surface area contributed by atoms with Crippen molar-refractivity contribution in [2.45, 2.75) is 5.92 Å². The standard InChI is InChI=1S/C19H18N4O4/c20-23-22-10-12(18(24)25)9-21-19(26)27-11-17-15-7-3-1-5-13(15)14-6-2-4-8-16(14)17/h1-8,12,17H,9-11H2,(H,21,26)(H,24,25). The normalized spacial score (nSPS) is 13.0. The number of carbonyl (C=O) groups excluding carboxylic acids is 1. The molecule has 2 aromatic carbocycles. The number of nitrogens with zero attached hydrogens (tertiary/aromatic N) is 3. The van der Waals surface area contributed by atoms with Gasteiger partial charge in [0.1, 0.15) is 6.61 Å². The van der Waals surface area contributed by atoms with Gasteiger partial charge in [-0.2, -0.15) is 0 Å². The average Bonchev–Trinajstić information content (AvgIpc) is 3.00. The molecule has 0 fully saturated rings. The lowest BCUT2D eigenvalue weighted by atomic mass is 9.98. The molecule has 3 rings (SSSR count). The van der Waals surface area contributed by atoms with E-state index in [4.69, 9.17) is 15.4 Å². The zero-order valence-corrected chi connectivity index (χ0v) is 14.4. The Morgan fingerprint density at radius 1 is 1.15 bits per heavy atom. The first-order valence-electron chi connectivity index (χ1n) is 8.44. The predicted octanol–water partition coefficient (Wildman–Crippen LogP) is 3.54. The van der Waals surface area contributed by atoms with Gasteiger partial charge in [0, 0.05) is 23.9 Å². The van der Waals surface area contributed by atoms with Gasteiger partial charge >= 0.3 is 12.1 Å². The third-order valence-corrected chi connectivity index (χ3v) is 4.55. The van der Waals surface area contributed by atoms with Gasteiger partial charge in [-0.3, -0.25) is 4.79 Å². The third kappa shape index (κ3) is 4.02. The number of rotatable bonds is 7. The molecule has 1 unspecified atom stereocenters. The van der Waals surface area contributed by atoms with Crippen LogP contribution in [0, 0.1) is 5.92 Å². The summed E-state index contributed by atoms with van der Waals surface area (Å²) in [6.45, 7) is -0.269. The van der Waals surface area contributed by atoms with Crippen LogP contribution >= 0.6 is 0 Å². The molecule has 0 saturated heterocycles. The second kappa shape index (κ2) is 8.25. The zero-order valence-electron chi connectivity index (χ0n) is 14.4. The highest BCUT2D eigenvalue weighted by Gasteiger charge is 2.29. The highest BCUT2D eigenvalue weighted by Crippen LogP contribution is 2.44. The van der Waals surface area contributed by atoms with Crippen molar-refractivity contribution in [1.82, 2.24) is 5.32 Å². The number of ether oxygens (including phenoxy) is 1. The van der Waals surface area contributed by atoms with Crippen LogP contribution in [-0.2, 0) is 9.53 Å². The first-order chi connectivity index (χ1) is 13.1. The lowest BCUT2D eigenvalue weighted by Crippen LogP contribution is -2.35. The zero-order chi connectivity index (χ0) is 19.2. The number of benzene rings is 2. The van der Waals surface area contributed by atoms with Gasteiger partial charge in [-0.1, -0.05) is 53.6 Å². The lowest BCUT2D eigenvalue weighted by molar-refractivity contribution is -0.141. The summed E-state index contributed by atoms with van der Waals surface area (Å²) in [6.07, 6.45) is -0.705. The fourth-order valence-electron chi connectivity index (χ4n) is 3.22. The van der Waals surface area contributed by atoms with E-state index in [1.165, 1.54) is 0 Å². The summed E-state index contributed by atoms with van der Waals surface area (Å²) < 4.78 is 5.33. The molecule has 0 radical (unpaired) electrons. The Labute approximate surface area is 155 Å². The van der Waals surface area contributed by atoms with E-state index in [0.717, 1.165) is 22.3 Å². The number of aliphatic carboxylic acids is 1. The molecule has 8 heteroatoms. The van der Waals surface area contributed by atoms with Gasteiger partial charge in [-0.05, 0) is 27.8 Å². The van der Waals surface area contributed by atoms with Crippen LogP contribution in [0.25, 0.3) is 21.6 Å². The Hall–Kier alpha value is -3.51. The first kappa shape index (κ1) is 18.3. The van der Waals surface area contributed by atoms with Crippen molar-refractivity contribution < 1.29 is 19.4 Å². The molecule has 1 atom stereocenters. The maximum absolute atomic E-state index is 12.0. The van der Waals surface area contributed by atoms with Crippen LogP contribution in [-0.4, -0.2) is 36.9 Å². The highest BCUT2D eigenvalue weighted by molar-refractivity contribution is 5.79. The number of hydrogen-bond acceptors (Lipinski definition) is 4. The Morgan fingerprint density at radius 3 is 2.30 bits per heavy atom. The molecular weight excluding hydrogens is 348 g/mol. The Balaban J connectivity index is 1.62. The molecule has 8 nitrogen and oxygen atoms in total. The van der Waals surface area contributed by atoms with Gasteiger partial charge < -0.3 is 15.2 Å². The number of carbonyl (C=O) groups is 2. The van der Waals surface area contributed by atoms with Gasteiger partial charge in [-0.15, -0.1) is 0 Å². The van der Waals surface area contributed by atoms with Crippen LogP contribution in [0.3, 0.4) is 0 Å². The summed E-state index contributed by atoms with van der Waals surface area (Å²) >= 11 is 0. The number of amides is 1. The van der Waals surface area contributed by atoms with Crippen molar-refractivity contribution in [3.05, 3.63) is 70.1 Å². The minimum absolute atomic E-state index is 0.0680. The molecule has 0 aromatic heterocycles. The topological polar surface area (TPSA) is 124 Å². The summed E-state index contributed by atoms with van der Waals surface area (Å²) in [5.41, 5.74) is 12.7. The Kier molecular flexibility index (Phi) is 5.58. The van der Waals surface area contributed by atoms with Crippen LogP contribution < -0.4 is 5.32 Å². The van der Waals surface area contributed by atoms with Crippen LogP contribution in [0.5, 0.6) is 0 Å². The summed E-state index contributed by atoms with van der Waals surface area (Å²) in [5.74, 6) is -2.22. The van der Waals surface area contributed by atoms with E-state index in [-0.39, 0.29) is 25.6 Å². The van der Waals surface area contributed by atoms with Gasteiger partial charge in [-0.25, -0.2) is 4.79 Å². The monoisotopic (exact) mass is 366 g/mol. The van der Waals surface area contributed by atoms with Crippen molar-refractivity contribution >= 4 is 12.1 Å². The number of hydrogen-bond donors (Lipinski definition) is 2. The fourth-order valence-corrected chi connectivity index (χ4v) is 3.22. The number of fused-ring (bicyclic) bond motifs is 3. The molecule has 0 spiro atoms. The van der Waals surface area contributed by atoms with Crippen molar-refractivity contribution in [2.24, 2.45) is 11.0 Å². The second-order valence-corrected chi connectivity index (χ2v) is 6.16. The molecule has 2 aromatic rings. The Bertz CT molecular complexity index is 863. The number of nitrogens with one attached hydrogen (secondary N) is 1. The van der Waals surface area contributed by atoms with E-state index < -0.39 is 18.0 Å². The number of carboxylic acids is 1. The number of alkyl carbamates (subject to hydrolysis) is 1. The van der Waals surface area contributed by atoms with Crippen LogP contribution in [0.15, 0.2) is 53.6 Å². The first-order valence-corrected chi connectivity index (χ1v) is 8.44. The molecule has 1 aliphatic carbocycles. The maximum atomic E-state index is 12.0. The molecule has 1 amide bonds. The van der Waals surface area contributed by atoms with E-state index in [1.807, 2.05) is 48.5 Å². The van der Waals surface area contributed by atoms with Crippen molar-refractivity contribution in [3.63, 3.8) is 0 Å². The smallest absolute Gasteiger partial charge is 0.407 e. The molecule has 0 aliphatic heterocycles. The summed E-state index contributed by atoms with van der Waals surface area (Å²) in [5, 5.41) is 14.7. The van der Waals surface area contributed by atoms with E-state index in [0.29, 0.717) is 0 Å². The number of carboxylic acid groups (broad SMARTS) is 1. The van der Waals surface area contributed by atoms with Gasteiger partial charge in [0.2, 0.25) is 0 Å².